The van der Waals surface area contributed by atoms with Gasteiger partial charge in [0.15, 0.2) is 5.16 Å². The first kappa shape index (κ1) is 18.8. The number of carbonyl (C=O) groups excluding carboxylic acids is 1. The number of hydrogen-bond acceptors (Lipinski definition) is 5. The summed E-state index contributed by atoms with van der Waals surface area (Å²) in [4.78, 5) is 16.2. The average molecular weight is 379 g/mol. The maximum Gasteiger partial charge on any atom is 0.230 e. The Balaban J connectivity index is 1.59. The van der Waals surface area contributed by atoms with Crippen molar-refractivity contribution < 1.29 is 4.79 Å². The number of carbonyl (C=O) groups is 1. The van der Waals surface area contributed by atoms with Crippen LogP contribution >= 0.6 is 11.8 Å². The molecule has 27 heavy (non-hydrogen) atoms. The van der Waals surface area contributed by atoms with E-state index in [9.17, 15) is 4.79 Å². The van der Waals surface area contributed by atoms with Crippen LogP contribution in [0.2, 0.25) is 0 Å². The van der Waals surface area contributed by atoms with E-state index >= 15 is 0 Å². The monoisotopic (exact) mass is 379 g/mol. The predicted molar refractivity (Wildman–Crippen MR) is 106 cm³/mol. The number of hydrogen-bond donors (Lipinski definition) is 1. The summed E-state index contributed by atoms with van der Waals surface area (Å²) < 4.78 is 2.00. The molecule has 2 heterocycles. The van der Waals surface area contributed by atoms with Crippen LogP contribution in [0.1, 0.15) is 17.0 Å². The molecular weight excluding hydrogens is 358 g/mol. The van der Waals surface area contributed by atoms with Gasteiger partial charge in [0.1, 0.15) is 5.82 Å². The van der Waals surface area contributed by atoms with Crippen LogP contribution in [0.15, 0.2) is 72.7 Å². The van der Waals surface area contributed by atoms with Crippen LogP contribution in [-0.2, 0) is 24.3 Å². The molecule has 1 N–H and O–H groups in total. The number of allylic oxidation sites excluding steroid dienone is 1. The van der Waals surface area contributed by atoms with Crippen LogP contribution in [0, 0.1) is 0 Å². The van der Waals surface area contributed by atoms with E-state index in [0.29, 0.717) is 19.5 Å². The van der Waals surface area contributed by atoms with Gasteiger partial charge in [0.25, 0.3) is 0 Å². The lowest BCUT2D eigenvalue weighted by Crippen LogP contribution is -2.24. The van der Waals surface area contributed by atoms with E-state index < -0.39 is 0 Å². The molecule has 3 aromatic rings. The van der Waals surface area contributed by atoms with Crippen molar-refractivity contribution in [2.45, 2.75) is 24.7 Å². The van der Waals surface area contributed by atoms with Gasteiger partial charge in [0, 0.05) is 31.9 Å². The Morgan fingerprint density at radius 3 is 2.70 bits per heavy atom. The summed E-state index contributed by atoms with van der Waals surface area (Å²) in [5.74, 6) is 1.09. The van der Waals surface area contributed by atoms with E-state index in [4.69, 9.17) is 0 Å². The van der Waals surface area contributed by atoms with Crippen molar-refractivity contribution in [3.63, 3.8) is 0 Å². The summed E-state index contributed by atoms with van der Waals surface area (Å²) in [6.45, 7) is 4.88. The number of aromatic nitrogens is 4. The third-order valence-electron chi connectivity index (χ3n) is 3.86. The third-order valence-corrected chi connectivity index (χ3v) is 4.82. The molecule has 2 aromatic heterocycles. The van der Waals surface area contributed by atoms with E-state index in [0.717, 1.165) is 16.5 Å². The standard InChI is InChI=1S/C20H21N5OS/c1-2-11-25-18(12-16-7-4-3-5-8-16)23-24-20(25)27-15-19(26)22-14-17-9-6-10-21-13-17/h2-10,13H,1,11-12,14-15H2,(H,22,26). The van der Waals surface area contributed by atoms with Gasteiger partial charge in [0.05, 0.1) is 5.75 Å². The zero-order chi connectivity index (χ0) is 18.9. The number of nitrogens with one attached hydrogen (secondary N) is 1. The molecule has 7 heteroatoms. The summed E-state index contributed by atoms with van der Waals surface area (Å²) in [7, 11) is 0. The van der Waals surface area contributed by atoms with Crippen LogP contribution in [0.5, 0.6) is 0 Å². The fourth-order valence-electron chi connectivity index (χ4n) is 2.53. The van der Waals surface area contributed by atoms with Crippen molar-refractivity contribution in [2.24, 2.45) is 0 Å². The highest BCUT2D eigenvalue weighted by atomic mass is 32.2. The molecule has 0 radical (unpaired) electrons. The Bertz CT molecular complexity index is 880. The van der Waals surface area contributed by atoms with Gasteiger partial charge >= 0.3 is 0 Å². The molecule has 138 valence electrons. The number of nitrogens with zero attached hydrogens (tertiary/aromatic N) is 4. The molecule has 1 amide bonds. The summed E-state index contributed by atoms with van der Waals surface area (Å²) in [6.07, 6.45) is 5.95. The maximum atomic E-state index is 12.1. The van der Waals surface area contributed by atoms with Crippen LogP contribution in [-0.4, -0.2) is 31.4 Å². The second-order valence-corrected chi connectivity index (χ2v) is 6.83. The van der Waals surface area contributed by atoms with Gasteiger partial charge in [-0.25, -0.2) is 0 Å². The van der Waals surface area contributed by atoms with Crippen LogP contribution in [0.4, 0.5) is 0 Å². The highest BCUT2D eigenvalue weighted by Crippen LogP contribution is 2.19. The normalized spacial score (nSPS) is 10.5. The molecule has 0 fully saturated rings. The minimum Gasteiger partial charge on any atom is -0.351 e. The zero-order valence-corrected chi connectivity index (χ0v) is 15.7. The van der Waals surface area contributed by atoms with Crippen molar-refractivity contribution in [2.75, 3.05) is 5.75 Å². The summed E-state index contributed by atoms with van der Waals surface area (Å²) in [6, 6.07) is 13.9. The minimum absolute atomic E-state index is 0.0541. The van der Waals surface area contributed by atoms with Crippen LogP contribution < -0.4 is 5.32 Å². The first-order valence-corrected chi connectivity index (χ1v) is 9.60. The van der Waals surface area contributed by atoms with Gasteiger partial charge in [-0.05, 0) is 17.2 Å². The Morgan fingerprint density at radius 2 is 1.96 bits per heavy atom. The topological polar surface area (TPSA) is 72.7 Å². The Morgan fingerprint density at radius 1 is 1.15 bits per heavy atom. The zero-order valence-electron chi connectivity index (χ0n) is 14.9. The second-order valence-electron chi connectivity index (χ2n) is 5.89. The molecule has 0 aliphatic carbocycles. The number of pyridine rings is 1. The van der Waals surface area contributed by atoms with E-state index in [1.165, 1.54) is 17.3 Å². The number of benzene rings is 1. The largest absolute Gasteiger partial charge is 0.351 e. The fraction of sp³-hybridized carbons (Fsp3) is 0.200. The van der Waals surface area contributed by atoms with Gasteiger partial charge in [-0.1, -0.05) is 54.2 Å². The van der Waals surface area contributed by atoms with Crippen molar-refractivity contribution in [1.82, 2.24) is 25.1 Å². The van der Waals surface area contributed by atoms with Gasteiger partial charge in [0.2, 0.25) is 5.91 Å². The molecule has 0 saturated heterocycles. The first-order chi connectivity index (χ1) is 13.3. The molecule has 3 rings (SSSR count). The molecule has 0 saturated carbocycles. The lowest BCUT2D eigenvalue weighted by atomic mass is 10.1. The van der Waals surface area contributed by atoms with Gasteiger partial charge in [-0.15, -0.1) is 16.8 Å². The van der Waals surface area contributed by atoms with Gasteiger partial charge < -0.3 is 9.88 Å². The van der Waals surface area contributed by atoms with Crippen molar-refractivity contribution >= 4 is 17.7 Å². The van der Waals surface area contributed by atoms with E-state index in [2.05, 4.69) is 39.2 Å². The molecule has 0 atom stereocenters. The number of thioether (sulfide) groups is 1. The molecule has 0 spiro atoms. The summed E-state index contributed by atoms with van der Waals surface area (Å²) >= 11 is 1.38. The van der Waals surface area contributed by atoms with Gasteiger partial charge in [-0.2, -0.15) is 0 Å². The molecular formula is C20H21N5OS. The first-order valence-electron chi connectivity index (χ1n) is 8.61. The lowest BCUT2D eigenvalue weighted by molar-refractivity contribution is -0.118. The summed E-state index contributed by atoms with van der Waals surface area (Å²) in [5.41, 5.74) is 2.14. The van der Waals surface area contributed by atoms with E-state index in [-0.39, 0.29) is 11.7 Å². The van der Waals surface area contributed by atoms with Gasteiger partial charge in [-0.3, -0.25) is 9.78 Å². The third kappa shape index (κ3) is 5.52. The number of rotatable bonds is 9. The quantitative estimate of drug-likeness (QED) is 0.457. The van der Waals surface area contributed by atoms with E-state index in [1.54, 1.807) is 12.4 Å². The smallest absolute Gasteiger partial charge is 0.230 e. The SMILES string of the molecule is C=CCn1c(Cc2ccccc2)nnc1SCC(=O)NCc1cccnc1. The minimum atomic E-state index is -0.0541. The Labute approximate surface area is 162 Å². The fourth-order valence-corrected chi connectivity index (χ4v) is 3.33. The van der Waals surface area contributed by atoms with E-state index in [1.807, 2.05) is 41.0 Å². The van der Waals surface area contributed by atoms with Crippen molar-refractivity contribution in [1.29, 1.82) is 0 Å². The average Bonchev–Trinajstić information content (AvgIpc) is 3.08. The maximum absolute atomic E-state index is 12.1. The van der Waals surface area contributed by atoms with Crippen molar-refractivity contribution in [3.05, 3.63) is 84.5 Å². The Kier molecular flexibility index (Phi) is 6.76. The predicted octanol–water partition coefficient (Wildman–Crippen LogP) is 2.86. The lowest BCUT2D eigenvalue weighted by Gasteiger charge is -2.08. The van der Waals surface area contributed by atoms with Crippen LogP contribution in [0.25, 0.3) is 0 Å². The molecule has 1 aromatic carbocycles. The highest BCUT2D eigenvalue weighted by molar-refractivity contribution is 7.99. The summed E-state index contributed by atoms with van der Waals surface area (Å²) in [5, 5.41) is 12.2. The molecule has 0 unspecified atom stereocenters. The molecule has 0 aliphatic rings. The molecule has 0 aliphatic heterocycles. The Hall–Kier alpha value is -2.93. The van der Waals surface area contributed by atoms with Crippen LogP contribution in [0.3, 0.4) is 0 Å². The highest BCUT2D eigenvalue weighted by Gasteiger charge is 2.14. The number of amides is 1. The molecule has 0 bridgehead atoms. The molecule has 6 nitrogen and oxygen atoms in total. The van der Waals surface area contributed by atoms with Crippen molar-refractivity contribution in [3.8, 4) is 0 Å². The second kappa shape index (κ2) is 9.68.